The lowest BCUT2D eigenvalue weighted by Crippen LogP contribution is -2.25. The van der Waals surface area contributed by atoms with Crippen molar-refractivity contribution in [3.8, 4) is 0 Å². The van der Waals surface area contributed by atoms with Crippen LogP contribution in [0.3, 0.4) is 0 Å². The van der Waals surface area contributed by atoms with Gasteiger partial charge in [0.2, 0.25) is 5.91 Å². The summed E-state index contributed by atoms with van der Waals surface area (Å²) in [6.07, 6.45) is 5.91. The van der Waals surface area contributed by atoms with Crippen LogP contribution in [-0.4, -0.2) is 17.0 Å². The van der Waals surface area contributed by atoms with Crippen LogP contribution in [0.4, 0.5) is 5.69 Å². The van der Waals surface area contributed by atoms with E-state index in [1.165, 1.54) is 6.42 Å². The molecule has 1 fully saturated rings. The van der Waals surface area contributed by atoms with Gasteiger partial charge in [-0.1, -0.05) is 37.5 Å². The fourth-order valence-electron chi connectivity index (χ4n) is 2.70. The van der Waals surface area contributed by atoms with Gasteiger partial charge in [0.25, 0.3) is 0 Å². The largest absolute Gasteiger partial charge is 0.481 e. The van der Waals surface area contributed by atoms with E-state index in [0.29, 0.717) is 6.42 Å². The molecule has 0 heterocycles. The van der Waals surface area contributed by atoms with Crippen LogP contribution in [0, 0.1) is 5.92 Å². The number of carbonyl (C=O) groups is 2. The van der Waals surface area contributed by atoms with Crippen LogP contribution in [0.25, 0.3) is 0 Å². The summed E-state index contributed by atoms with van der Waals surface area (Å²) in [7, 11) is 0. The first-order valence-electron chi connectivity index (χ1n) is 7.27. The lowest BCUT2D eigenvalue weighted by atomic mass is 9.88. The van der Waals surface area contributed by atoms with E-state index >= 15 is 0 Å². The van der Waals surface area contributed by atoms with E-state index in [9.17, 15) is 9.59 Å². The number of carboxylic acid groups (broad SMARTS) is 1. The van der Waals surface area contributed by atoms with Gasteiger partial charge in [-0.15, -0.1) is 0 Å². The molecule has 0 aliphatic heterocycles. The van der Waals surface area contributed by atoms with Crippen LogP contribution in [0.5, 0.6) is 0 Å². The SMILES string of the molecule is O=C(O)CCc1ccccc1NC(=O)C1CCCCC1. The van der Waals surface area contributed by atoms with Crippen LogP contribution in [0.1, 0.15) is 44.1 Å². The number of benzene rings is 1. The van der Waals surface area contributed by atoms with Gasteiger partial charge in [-0.25, -0.2) is 0 Å². The van der Waals surface area contributed by atoms with E-state index in [4.69, 9.17) is 5.11 Å². The van der Waals surface area contributed by atoms with Crippen LogP contribution < -0.4 is 5.32 Å². The lowest BCUT2D eigenvalue weighted by molar-refractivity contribution is -0.137. The number of aliphatic carboxylic acids is 1. The Kier molecular flexibility index (Phi) is 5.16. The molecule has 0 spiro atoms. The van der Waals surface area contributed by atoms with Gasteiger partial charge < -0.3 is 10.4 Å². The molecule has 0 radical (unpaired) electrons. The average molecular weight is 275 g/mol. The van der Waals surface area contributed by atoms with E-state index in [-0.39, 0.29) is 18.2 Å². The number of amides is 1. The smallest absolute Gasteiger partial charge is 0.303 e. The molecule has 0 unspecified atom stereocenters. The Bertz CT molecular complexity index is 478. The number of carbonyl (C=O) groups excluding carboxylic acids is 1. The first-order valence-corrected chi connectivity index (χ1v) is 7.27. The molecule has 0 saturated heterocycles. The summed E-state index contributed by atoms with van der Waals surface area (Å²) in [5.41, 5.74) is 1.64. The summed E-state index contributed by atoms with van der Waals surface area (Å²) < 4.78 is 0. The van der Waals surface area contributed by atoms with Crippen molar-refractivity contribution >= 4 is 17.6 Å². The van der Waals surface area contributed by atoms with Crippen molar-refractivity contribution in [1.82, 2.24) is 0 Å². The van der Waals surface area contributed by atoms with Crippen molar-refractivity contribution in [3.63, 3.8) is 0 Å². The van der Waals surface area contributed by atoms with E-state index in [0.717, 1.165) is 36.9 Å². The van der Waals surface area contributed by atoms with E-state index in [1.54, 1.807) is 0 Å². The number of aryl methyl sites for hydroxylation is 1. The van der Waals surface area contributed by atoms with Gasteiger partial charge in [0.15, 0.2) is 0 Å². The summed E-state index contributed by atoms with van der Waals surface area (Å²) in [4.78, 5) is 22.9. The van der Waals surface area contributed by atoms with Crippen molar-refractivity contribution in [1.29, 1.82) is 0 Å². The topological polar surface area (TPSA) is 66.4 Å². The minimum Gasteiger partial charge on any atom is -0.481 e. The van der Waals surface area contributed by atoms with Gasteiger partial charge in [0, 0.05) is 18.0 Å². The Labute approximate surface area is 119 Å². The van der Waals surface area contributed by atoms with Crippen LogP contribution in [-0.2, 0) is 16.0 Å². The Balaban J connectivity index is 2.00. The second-order valence-corrected chi connectivity index (χ2v) is 5.38. The van der Waals surface area contributed by atoms with E-state index in [2.05, 4.69) is 5.32 Å². The van der Waals surface area contributed by atoms with Gasteiger partial charge in [0.1, 0.15) is 0 Å². The molecule has 4 nitrogen and oxygen atoms in total. The summed E-state index contributed by atoms with van der Waals surface area (Å²) in [5.74, 6) is -0.637. The molecule has 4 heteroatoms. The highest BCUT2D eigenvalue weighted by Gasteiger charge is 2.21. The molecule has 1 saturated carbocycles. The van der Waals surface area contributed by atoms with Crippen LogP contribution in [0.2, 0.25) is 0 Å². The van der Waals surface area contributed by atoms with E-state index in [1.807, 2.05) is 24.3 Å². The predicted octanol–water partition coefficient (Wildman–Crippen LogP) is 3.22. The standard InChI is InChI=1S/C16H21NO3/c18-15(19)11-10-12-6-4-5-9-14(12)17-16(20)13-7-2-1-3-8-13/h4-6,9,13H,1-3,7-8,10-11H2,(H,17,20)(H,18,19). The minimum absolute atomic E-state index is 0.0764. The second kappa shape index (κ2) is 7.08. The molecule has 20 heavy (non-hydrogen) atoms. The Morgan fingerprint density at radius 3 is 2.55 bits per heavy atom. The summed E-state index contributed by atoms with van der Waals surface area (Å²) in [6, 6.07) is 7.45. The molecule has 2 rings (SSSR count). The van der Waals surface area contributed by atoms with Crippen molar-refractivity contribution < 1.29 is 14.7 Å². The highest BCUT2D eigenvalue weighted by atomic mass is 16.4. The van der Waals surface area contributed by atoms with Crippen molar-refractivity contribution in [2.45, 2.75) is 44.9 Å². The fraction of sp³-hybridized carbons (Fsp3) is 0.500. The molecule has 0 atom stereocenters. The Hall–Kier alpha value is -1.84. The molecule has 1 aromatic carbocycles. The Morgan fingerprint density at radius 1 is 1.15 bits per heavy atom. The molecule has 2 N–H and O–H groups in total. The van der Waals surface area contributed by atoms with Crippen molar-refractivity contribution in [2.24, 2.45) is 5.92 Å². The first-order chi connectivity index (χ1) is 9.66. The van der Waals surface area contributed by atoms with Crippen LogP contribution in [0.15, 0.2) is 24.3 Å². The summed E-state index contributed by atoms with van der Waals surface area (Å²) in [5, 5.41) is 11.7. The van der Waals surface area contributed by atoms with Gasteiger partial charge in [-0.05, 0) is 30.9 Å². The minimum atomic E-state index is -0.821. The predicted molar refractivity (Wildman–Crippen MR) is 77.6 cm³/mol. The van der Waals surface area contributed by atoms with Gasteiger partial charge in [0.05, 0.1) is 0 Å². The van der Waals surface area contributed by atoms with Crippen molar-refractivity contribution in [3.05, 3.63) is 29.8 Å². The molecule has 1 aliphatic carbocycles. The highest BCUT2D eigenvalue weighted by Crippen LogP contribution is 2.26. The monoisotopic (exact) mass is 275 g/mol. The number of hydrogen-bond acceptors (Lipinski definition) is 2. The maximum absolute atomic E-state index is 12.2. The number of nitrogens with one attached hydrogen (secondary N) is 1. The maximum atomic E-state index is 12.2. The second-order valence-electron chi connectivity index (χ2n) is 5.38. The lowest BCUT2D eigenvalue weighted by Gasteiger charge is -2.21. The highest BCUT2D eigenvalue weighted by molar-refractivity contribution is 5.93. The molecule has 108 valence electrons. The number of carboxylic acids is 1. The zero-order valence-electron chi connectivity index (χ0n) is 11.6. The molecule has 0 bridgehead atoms. The quantitative estimate of drug-likeness (QED) is 0.867. The third-order valence-electron chi connectivity index (χ3n) is 3.86. The van der Waals surface area contributed by atoms with E-state index < -0.39 is 5.97 Å². The van der Waals surface area contributed by atoms with Gasteiger partial charge >= 0.3 is 5.97 Å². The molecule has 1 aliphatic rings. The number of anilines is 1. The molecule has 1 amide bonds. The number of rotatable bonds is 5. The maximum Gasteiger partial charge on any atom is 0.303 e. The summed E-state index contributed by atoms with van der Waals surface area (Å²) >= 11 is 0. The molecular weight excluding hydrogens is 254 g/mol. The molecular formula is C16H21NO3. The normalized spacial score (nSPS) is 15.8. The zero-order chi connectivity index (χ0) is 14.4. The third-order valence-corrected chi connectivity index (χ3v) is 3.86. The van der Waals surface area contributed by atoms with Crippen molar-refractivity contribution in [2.75, 3.05) is 5.32 Å². The fourth-order valence-corrected chi connectivity index (χ4v) is 2.70. The molecule has 1 aromatic rings. The first kappa shape index (κ1) is 14.6. The zero-order valence-corrected chi connectivity index (χ0v) is 11.6. The summed E-state index contributed by atoms with van der Waals surface area (Å²) in [6.45, 7) is 0. The Morgan fingerprint density at radius 2 is 1.85 bits per heavy atom. The van der Waals surface area contributed by atoms with Gasteiger partial charge in [-0.2, -0.15) is 0 Å². The number of para-hydroxylation sites is 1. The molecule has 0 aromatic heterocycles. The van der Waals surface area contributed by atoms with Gasteiger partial charge in [-0.3, -0.25) is 9.59 Å². The third kappa shape index (κ3) is 4.08. The average Bonchev–Trinajstić information content (AvgIpc) is 2.47. The van der Waals surface area contributed by atoms with Crippen LogP contribution >= 0.6 is 0 Å². The number of hydrogen-bond donors (Lipinski definition) is 2.